The van der Waals surface area contributed by atoms with Crippen molar-refractivity contribution in [2.24, 2.45) is 0 Å². The third-order valence-electron chi connectivity index (χ3n) is 24.7. The van der Waals surface area contributed by atoms with E-state index in [2.05, 4.69) is 163 Å². The molecule has 0 aliphatic carbocycles. The van der Waals surface area contributed by atoms with Gasteiger partial charge in [-0.3, -0.25) is 18.4 Å². The fourth-order valence-corrected chi connectivity index (χ4v) is 21.2. The second-order valence-corrected chi connectivity index (χ2v) is 39.5. The molecular formula is C121H80BBrCl8N8O5P+. The number of nitrogens with one attached hydrogen (secondary N) is 1. The molecule has 5 heterocycles. The number of hydrogen-bond donors (Lipinski definition) is 5. The van der Waals surface area contributed by atoms with Gasteiger partial charge in [0.2, 0.25) is 0 Å². The summed E-state index contributed by atoms with van der Waals surface area (Å²) in [6.07, 6.45) is 1.72. The molecule has 145 heavy (non-hydrogen) atoms. The number of pyridine rings is 2. The van der Waals surface area contributed by atoms with Crippen LogP contribution in [0.25, 0.3) is 175 Å². The number of fused-ring (bicyclic) bond motifs is 24. The number of halogens is 9. The van der Waals surface area contributed by atoms with Crippen molar-refractivity contribution >= 4 is 305 Å². The van der Waals surface area contributed by atoms with Gasteiger partial charge in [0.15, 0.2) is 23.2 Å². The summed E-state index contributed by atoms with van der Waals surface area (Å²) < 4.78 is 17.4. The average Bonchev–Trinajstić information content (AvgIpc) is 1.64. The highest BCUT2D eigenvalue weighted by atomic mass is 79.9. The third-order valence-corrected chi connectivity index (χ3v) is 29.1. The number of benzene rings is 21. The van der Waals surface area contributed by atoms with Crippen LogP contribution in [0.3, 0.4) is 0 Å². The van der Waals surface area contributed by atoms with Crippen LogP contribution in [0.5, 0.6) is 0 Å². The Morgan fingerprint density at radius 1 is 0.310 bits per heavy atom. The van der Waals surface area contributed by atoms with Crippen molar-refractivity contribution in [3.63, 3.8) is 0 Å². The molecule has 0 aliphatic rings. The lowest BCUT2D eigenvalue weighted by Crippen LogP contribution is -2.30. The van der Waals surface area contributed by atoms with Gasteiger partial charge in [-0.2, -0.15) is 0 Å². The zero-order valence-corrected chi connectivity index (χ0v) is 85.1. The van der Waals surface area contributed by atoms with Gasteiger partial charge in [-0.1, -0.05) is 374 Å². The lowest BCUT2D eigenvalue weighted by atomic mass is 9.80. The molecule has 0 radical (unpaired) electrons. The third kappa shape index (κ3) is 21.2. The summed E-state index contributed by atoms with van der Waals surface area (Å²) in [7, 11) is -2.90. The van der Waals surface area contributed by atoms with E-state index in [-0.39, 0.29) is 0 Å². The van der Waals surface area contributed by atoms with E-state index in [1.54, 1.807) is 48.5 Å². The van der Waals surface area contributed by atoms with Gasteiger partial charge in [0.05, 0.1) is 55.5 Å². The highest BCUT2D eigenvalue weighted by Crippen LogP contribution is 2.45. The highest BCUT2D eigenvalue weighted by Gasteiger charge is 2.25. The zero-order valence-electron chi connectivity index (χ0n) is 76.6. The van der Waals surface area contributed by atoms with Crippen molar-refractivity contribution in [1.29, 1.82) is 0 Å². The Kier molecular flexibility index (Phi) is 30.4. The monoisotopic (exact) mass is 2130 g/mol. The lowest BCUT2D eigenvalue weighted by molar-refractivity contribution is 0.111. The van der Waals surface area contributed by atoms with Gasteiger partial charge in [-0.25, -0.2) is 15.0 Å². The number of anilines is 2. The molecular weight excluding hydrogens is 2050 g/mol. The van der Waals surface area contributed by atoms with Crippen molar-refractivity contribution in [3.05, 3.63) is 486 Å². The Hall–Kier alpha value is -14.8. The maximum absolute atomic E-state index is 12.0. The fourth-order valence-electron chi connectivity index (χ4n) is 18.0. The van der Waals surface area contributed by atoms with E-state index < -0.39 is 14.9 Å². The van der Waals surface area contributed by atoms with E-state index in [1.807, 2.05) is 249 Å². The van der Waals surface area contributed by atoms with Gasteiger partial charge >= 0.3 is 14.9 Å². The smallest absolute Gasteiger partial charge is 0.423 e. The van der Waals surface area contributed by atoms with E-state index in [1.165, 1.54) is 54.1 Å². The molecule has 0 fully saturated rings. The lowest BCUT2D eigenvalue weighted by Gasteiger charge is -2.13. The van der Waals surface area contributed by atoms with Crippen molar-refractivity contribution in [1.82, 2.24) is 28.7 Å². The number of rotatable bonds is 8. The van der Waals surface area contributed by atoms with Crippen LogP contribution in [0, 0.1) is 0 Å². The van der Waals surface area contributed by atoms with Gasteiger partial charge in [0, 0.05) is 99.5 Å². The summed E-state index contributed by atoms with van der Waals surface area (Å²) in [6.45, 7) is 0. The molecule has 26 aromatic rings. The Balaban J connectivity index is 0.000000108. The maximum atomic E-state index is 12.0. The number of imidazole rings is 3. The largest absolute Gasteiger partial charge is 0.489 e. The summed E-state index contributed by atoms with van der Waals surface area (Å²) in [6, 6.07) is 140. The summed E-state index contributed by atoms with van der Waals surface area (Å²) in [5.41, 5.74) is 29.0. The molecule has 7 N–H and O–H groups in total. The number of aldehydes is 2. The van der Waals surface area contributed by atoms with Crippen LogP contribution in [0.1, 0.15) is 20.7 Å². The second-order valence-electron chi connectivity index (χ2n) is 33.6. The Morgan fingerprint density at radius 2 is 0.662 bits per heavy atom. The zero-order chi connectivity index (χ0) is 100. The number of para-hydroxylation sites is 10. The minimum absolute atomic E-state index is 0.337. The first-order valence-electron chi connectivity index (χ1n) is 45.7. The molecule has 26 rings (SSSR count). The summed E-state index contributed by atoms with van der Waals surface area (Å²) in [5.74, 6) is 0.819. The molecule has 21 aromatic carbocycles. The summed E-state index contributed by atoms with van der Waals surface area (Å²) in [4.78, 5) is 40.7. The number of aromatic nitrogens is 6. The summed E-state index contributed by atoms with van der Waals surface area (Å²) >= 11 is 52.2. The van der Waals surface area contributed by atoms with Crippen LogP contribution in [0.4, 0.5) is 11.4 Å². The number of aromatic amines is 1. The summed E-state index contributed by atoms with van der Waals surface area (Å²) in [5, 5.41) is 42.1. The fraction of sp³-hybridized carbons (Fsp3) is 0. The Morgan fingerprint density at radius 3 is 1.11 bits per heavy atom. The highest BCUT2D eigenvalue weighted by molar-refractivity contribution is 9.10. The van der Waals surface area contributed by atoms with Crippen LogP contribution in [-0.4, -0.2) is 58.5 Å². The topological polar surface area (TPSA) is 207 Å². The van der Waals surface area contributed by atoms with Gasteiger partial charge < -0.3 is 26.5 Å². The van der Waals surface area contributed by atoms with E-state index in [4.69, 9.17) is 129 Å². The van der Waals surface area contributed by atoms with Gasteiger partial charge in [-0.05, 0) is 246 Å². The van der Waals surface area contributed by atoms with Crippen LogP contribution in [-0.2, 0) is 4.57 Å². The predicted molar refractivity (Wildman–Crippen MR) is 618 cm³/mol. The van der Waals surface area contributed by atoms with Gasteiger partial charge in [0.25, 0.3) is 0 Å². The van der Waals surface area contributed by atoms with Crippen LogP contribution in [0.15, 0.2) is 435 Å². The standard InChI is InChI=1S/C23H14Cl2N2.2C23H13ClN2.C17H10Cl2O.C12H10OP.C11H6BrClO.C6H6BClO2.C6H8N2/c24-15-10-12-16-14(13-15)9-11-18(17-5-1-2-6-19(17)25)22(16)23-26-20-7-3-4-8-21(20)27-23;2*24-15-10-12-16-14(13-15)9-11-18-17-5-1-3-7-20(17)26-21-8-4-2-6-19(21)25-23(26)22(16)18;18-12-6-8-13-11(9-12)5-7-14(16(13)10-20)15-3-1-2-4-17(15)19;13-14(11-7-3-1-4-8-11)12-9-5-2-6-10-12;12-11-4-1-7-5-8(13)2-3-9(7)10(11)6-14;8-6-4-2-1-3-5(6)7(9)10;7-5-3-1-2-4-6(5)8/h1-13H,(H,26,27);2*1-13H;1-10H;1-10H;1-6H;1-4,9-10H;1-4H,7-8H2/q;;;;+1;;;. The molecule has 0 amide bonds. The Labute approximate surface area is 882 Å². The minimum atomic E-state index is -1.48. The van der Waals surface area contributed by atoms with Crippen molar-refractivity contribution in [2.45, 2.75) is 0 Å². The molecule has 0 spiro atoms. The number of nitrogens with two attached hydrogens (primary N) is 2. The first-order valence-corrected chi connectivity index (χ1v) is 50.8. The number of nitrogens with zero attached hydrogens (tertiary/aromatic N) is 5. The number of nitrogen functional groups attached to an aromatic ring is 2. The van der Waals surface area contributed by atoms with Gasteiger partial charge in [0.1, 0.15) is 17.1 Å². The van der Waals surface area contributed by atoms with Crippen LogP contribution in [0.2, 0.25) is 40.2 Å². The van der Waals surface area contributed by atoms with Crippen LogP contribution < -0.4 is 27.5 Å². The molecule has 0 bridgehead atoms. The number of hydrogen-bond acceptors (Lipinski definition) is 10. The average molecular weight is 2130 g/mol. The molecule has 0 atom stereocenters. The molecule has 0 saturated heterocycles. The quantitative estimate of drug-likeness (QED) is 0.0320. The van der Waals surface area contributed by atoms with E-state index >= 15 is 0 Å². The van der Waals surface area contributed by atoms with Crippen molar-refractivity contribution in [2.75, 3.05) is 11.5 Å². The van der Waals surface area contributed by atoms with Crippen molar-refractivity contribution < 1.29 is 24.2 Å². The minimum Gasteiger partial charge on any atom is -0.423 e. The SMILES string of the molecule is Clc1ccc2c(-c3nc4ccccc4[nH]3)c(-c3ccccc3Cl)ccc2c1.Clc1ccc2c(ccc3c4ccccc4n4c5ccccc5nc4c23)c1.Clc1ccc2c(ccc3c4ccccc4n4c5ccccc5nc4c23)c1.Nc1ccccc1N.O=Cc1c(-c2ccccc2Cl)ccc2cc(Cl)ccc12.O=Cc1c(Br)ccc2cc(Cl)ccc12.O=[P+](c1ccccc1)c1ccccc1.OB(O)c1ccccc1Cl. The number of carbonyl (C=O) groups is 2. The number of carbonyl (C=O) groups excluding carboxylic acids is 2. The molecule has 5 aromatic heterocycles. The van der Waals surface area contributed by atoms with E-state index in [9.17, 15) is 14.2 Å². The van der Waals surface area contributed by atoms with Crippen molar-refractivity contribution in [3.8, 4) is 33.6 Å². The molecule has 0 saturated carbocycles. The van der Waals surface area contributed by atoms with E-state index in [0.717, 1.165) is 159 Å². The second kappa shape index (κ2) is 44.6. The van der Waals surface area contributed by atoms with E-state index in [0.29, 0.717) is 58.1 Å². The first kappa shape index (κ1) is 98.9. The Bertz CT molecular complexity index is 9150. The number of H-pyrrole nitrogens is 1. The predicted octanol–water partition coefficient (Wildman–Crippen LogP) is 33.6. The van der Waals surface area contributed by atoms with Crippen LogP contribution >= 0.6 is 117 Å². The molecule has 0 aliphatic heterocycles. The molecule has 704 valence electrons. The first-order chi connectivity index (χ1) is 70.6. The normalized spacial score (nSPS) is 11.0. The maximum Gasteiger partial charge on any atom is 0.489 e. The molecule has 24 heteroatoms. The van der Waals surface area contributed by atoms with Gasteiger partial charge in [-0.15, -0.1) is 0 Å². The molecule has 13 nitrogen and oxygen atoms in total. The molecule has 0 unspecified atom stereocenters.